The van der Waals surface area contributed by atoms with Crippen LogP contribution in [0.5, 0.6) is 0 Å². The zero-order valence-electron chi connectivity index (χ0n) is 9.55. The minimum Gasteiger partial charge on any atom is -0.398 e. The van der Waals surface area contributed by atoms with Gasteiger partial charge in [0.05, 0.1) is 16.8 Å². The molecule has 0 saturated heterocycles. The van der Waals surface area contributed by atoms with Gasteiger partial charge in [0.15, 0.2) is 0 Å². The van der Waals surface area contributed by atoms with E-state index >= 15 is 0 Å². The SMILES string of the molecule is Nc1c(C(=O)NCC2CC2)cccc1C(F)(F)F. The molecule has 2 rings (SSSR count). The number of para-hydroxylation sites is 1. The summed E-state index contributed by atoms with van der Waals surface area (Å²) >= 11 is 0. The number of rotatable bonds is 3. The molecule has 1 amide bonds. The molecule has 0 spiro atoms. The summed E-state index contributed by atoms with van der Waals surface area (Å²) in [7, 11) is 0. The van der Waals surface area contributed by atoms with E-state index in [0.717, 1.165) is 18.9 Å². The summed E-state index contributed by atoms with van der Waals surface area (Å²) in [6.45, 7) is 0.495. The van der Waals surface area contributed by atoms with Gasteiger partial charge >= 0.3 is 6.18 Å². The van der Waals surface area contributed by atoms with Crippen molar-refractivity contribution in [2.24, 2.45) is 5.92 Å². The van der Waals surface area contributed by atoms with E-state index in [4.69, 9.17) is 5.73 Å². The number of alkyl halides is 3. The molecule has 98 valence electrons. The van der Waals surface area contributed by atoms with E-state index < -0.39 is 23.3 Å². The minimum atomic E-state index is -4.54. The Morgan fingerprint density at radius 3 is 2.61 bits per heavy atom. The third kappa shape index (κ3) is 2.75. The molecule has 0 atom stereocenters. The Balaban J connectivity index is 2.19. The van der Waals surface area contributed by atoms with E-state index in [2.05, 4.69) is 5.32 Å². The molecule has 18 heavy (non-hydrogen) atoms. The highest BCUT2D eigenvalue weighted by Crippen LogP contribution is 2.35. The monoisotopic (exact) mass is 258 g/mol. The Morgan fingerprint density at radius 2 is 2.06 bits per heavy atom. The largest absolute Gasteiger partial charge is 0.418 e. The molecule has 1 fully saturated rings. The third-order valence-electron chi connectivity index (χ3n) is 2.90. The van der Waals surface area contributed by atoms with Gasteiger partial charge in [-0.25, -0.2) is 0 Å². The lowest BCUT2D eigenvalue weighted by Gasteiger charge is -2.13. The van der Waals surface area contributed by atoms with Crippen LogP contribution in [-0.4, -0.2) is 12.5 Å². The molecule has 1 aromatic carbocycles. The number of amides is 1. The van der Waals surface area contributed by atoms with Gasteiger partial charge in [-0.3, -0.25) is 4.79 Å². The molecular weight excluding hydrogens is 245 g/mol. The molecule has 3 N–H and O–H groups in total. The number of hydrogen-bond donors (Lipinski definition) is 2. The summed E-state index contributed by atoms with van der Waals surface area (Å²) in [4.78, 5) is 11.7. The van der Waals surface area contributed by atoms with E-state index in [1.54, 1.807) is 0 Å². The Labute approximate surface area is 102 Å². The van der Waals surface area contributed by atoms with Crippen molar-refractivity contribution in [1.82, 2.24) is 5.32 Å². The second-order valence-electron chi connectivity index (χ2n) is 4.42. The van der Waals surface area contributed by atoms with Crippen LogP contribution in [0.2, 0.25) is 0 Å². The zero-order valence-corrected chi connectivity index (χ0v) is 9.55. The molecule has 1 aromatic rings. The predicted octanol–water partition coefficient (Wildman–Crippen LogP) is 2.43. The summed E-state index contributed by atoms with van der Waals surface area (Å²) in [6, 6.07) is 3.35. The first-order chi connectivity index (χ1) is 8.39. The fraction of sp³-hybridized carbons (Fsp3) is 0.417. The molecule has 0 bridgehead atoms. The van der Waals surface area contributed by atoms with Gasteiger partial charge in [-0.05, 0) is 30.9 Å². The molecule has 3 nitrogen and oxygen atoms in total. The molecule has 0 aliphatic heterocycles. The van der Waals surface area contributed by atoms with Crippen molar-refractivity contribution in [3.8, 4) is 0 Å². The van der Waals surface area contributed by atoms with Crippen LogP contribution in [0.4, 0.5) is 18.9 Å². The van der Waals surface area contributed by atoms with Crippen LogP contribution < -0.4 is 11.1 Å². The number of nitrogen functional groups attached to an aromatic ring is 1. The smallest absolute Gasteiger partial charge is 0.398 e. The van der Waals surface area contributed by atoms with Crippen LogP contribution in [0, 0.1) is 5.92 Å². The van der Waals surface area contributed by atoms with Crippen molar-refractivity contribution in [1.29, 1.82) is 0 Å². The van der Waals surface area contributed by atoms with Crippen LogP contribution in [0.3, 0.4) is 0 Å². The fourth-order valence-corrected chi connectivity index (χ4v) is 1.66. The number of nitrogens with two attached hydrogens (primary N) is 1. The standard InChI is InChI=1S/C12H13F3N2O/c13-12(14,15)9-3-1-2-8(10(9)16)11(18)17-6-7-4-5-7/h1-3,7H,4-6,16H2,(H,17,18). The number of benzene rings is 1. The second kappa shape index (κ2) is 4.51. The second-order valence-corrected chi connectivity index (χ2v) is 4.42. The molecule has 1 aliphatic rings. The summed E-state index contributed by atoms with van der Waals surface area (Å²) < 4.78 is 37.8. The van der Waals surface area contributed by atoms with Gasteiger partial charge in [0.2, 0.25) is 0 Å². The van der Waals surface area contributed by atoms with Gasteiger partial charge in [0.25, 0.3) is 5.91 Å². The molecule has 1 saturated carbocycles. The van der Waals surface area contributed by atoms with Gasteiger partial charge in [0.1, 0.15) is 0 Å². The van der Waals surface area contributed by atoms with Crippen molar-refractivity contribution < 1.29 is 18.0 Å². The first-order valence-corrected chi connectivity index (χ1v) is 5.63. The van der Waals surface area contributed by atoms with Crippen LogP contribution in [0.25, 0.3) is 0 Å². The van der Waals surface area contributed by atoms with Gasteiger partial charge in [-0.15, -0.1) is 0 Å². The van der Waals surface area contributed by atoms with Crippen molar-refractivity contribution >= 4 is 11.6 Å². The first-order valence-electron chi connectivity index (χ1n) is 5.63. The van der Waals surface area contributed by atoms with Gasteiger partial charge < -0.3 is 11.1 Å². The number of halogens is 3. The molecular formula is C12H13F3N2O. The van der Waals surface area contributed by atoms with E-state index in [1.165, 1.54) is 12.1 Å². The quantitative estimate of drug-likeness (QED) is 0.818. The van der Waals surface area contributed by atoms with Crippen molar-refractivity contribution in [3.63, 3.8) is 0 Å². The lowest BCUT2D eigenvalue weighted by Crippen LogP contribution is -2.27. The van der Waals surface area contributed by atoms with Crippen LogP contribution >= 0.6 is 0 Å². The van der Waals surface area contributed by atoms with Gasteiger partial charge in [-0.2, -0.15) is 13.2 Å². The fourth-order valence-electron chi connectivity index (χ4n) is 1.66. The maximum absolute atomic E-state index is 12.6. The van der Waals surface area contributed by atoms with E-state index in [0.29, 0.717) is 12.5 Å². The zero-order chi connectivity index (χ0) is 13.3. The highest BCUT2D eigenvalue weighted by Gasteiger charge is 2.34. The van der Waals surface area contributed by atoms with Crippen molar-refractivity contribution in [2.45, 2.75) is 19.0 Å². The van der Waals surface area contributed by atoms with Gasteiger partial charge in [-0.1, -0.05) is 6.07 Å². The molecule has 0 unspecified atom stereocenters. The average molecular weight is 258 g/mol. The molecule has 0 radical (unpaired) electrons. The Hall–Kier alpha value is -1.72. The van der Waals surface area contributed by atoms with Crippen LogP contribution in [0.15, 0.2) is 18.2 Å². The van der Waals surface area contributed by atoms with Crippen LogP contribution in [-0.2, 0) is 6.18 Å². The number of carbonyl (C=O) groups is 1. The van der Waals surface area contributed by atoms with E-state index in [-0.39, 0.29) is 5.56 Å². The minimum absolute atomic E-state index is 0.120. The van der Waals surface area contributed by atoms with E-state index in [1.807, 2.05) is 0 Å². The third-order valence-corrected chi connectivity index (χ3v) is 2.90. The van der Waals surface area contributed by atoms with Crippen molar-refractivity contribution in [2.75, 3.05) is 12.3 Å². The van der Waals surface area contributed by atoms with Crippen LogP contribution in [0.1, 0.15) is 28.8 Å². The average Bonchev–Trinajstić information content (AvgIpc) is 3.08. The Bertz CT molecular complexity index is 467. The lowest BCUT2D eigenvalue weighted by molar-refractivity contribution is -0.136. The molecule has 1 aliphatic carbocycles. The maximum Gasteiger partial charge on any atom is 0.418 e. The van der Waals surface area contributed by atoms with E-state index in [9.17, 15) is 18.0 Å². The number of carbonyl (C=O) groups excluding carboxylic acids is 1. The van der Waals surface area contributed by atoms with Crippen molar-refractivity contribution in [3.05, 3.63) is 29.3 Å². The predicted molar refractivity (Wildman–Crippen MR) is 60.9 cm³/mol. The summed E-state index contributed by atoms with van der Waals surface area (Å²) in [6.07, 6.45) is -2.44. The normalized spacial score (nSPS) is 15.5. The molecule has 0 aromatic heterocycles. The highest BCUT2D eigenvalue weighted by atomic mass is 19.4. The summed E-state index contributed by atoms with van der Waals surface area (Å²) in [5.74, 6) is -0.0912. The topological polar surface area (TPSA) is 55.1 Å². The highest BCUT2D eigenvalue weighted by molar-refractivity contribution is 5.99. The summed E-state index contributed by atoms with van der Waals surface area (Å²) in [5, 5.41) is 2.59. The van der Waals surface area contributed by atoms with Gasteiger partial charge in [0, 0.05) is 6.54 Å². The Morgan fingerprint density at radius 1 is 1.39 bits per heavy atom. The Kier molecular flexibility index (Phi) is 3.19. The molecule has 0 heterocycles. The number of hydrogen-bond acceptors (Lipinski definition) is 2. The lowest BCUT2D eigenvalue weighted by atomic mass is 10.1. The number of anilines is 1. The molecule has 6 heteroatoms. The number of nitrogens with one attached hydrogen (secondary N) is 1. The first kappa shape index (κ1) is 12.7. The summed E-state index contributed by atoms with van der Waals surface area (Å²) in [5.41, 5.74) is 3.81. The maximum atomic E-state index is 12.6.